The van der Waals surface area contributed by atoms with Crippen molar-refractivity contribution >= 4 is 24.9 Å². The SMILES string of the molecule is CCCCP(=O)(CCCC)CP(=O)(c1cccc(OC)c1)c1cccc(OC)c1. The molecular formula is C23H34O4P2. The zero-order valence-corrected chi connectivity index (χ0v) is 19.9. The Bertz CT molecular complexity index is 815. The van der Waals surface area contributed by atoms with Crippen molar-refractivity contribution in [2.45, 2.75) is 39.5 Å². The maximum Gasteiger partial charge on any atom is 0.150 e. The Labute approximate surface area is 175 Å². The number of hydrogen-bond donors (Lipinski definition) is 0. The highest BCUT2D eigenvalue weighted by Crippen LogP contribution is 2.61. The van der Waals surface area contributed by atoms with Crippen molar-refractivity contribution in [2.75, 3.05) is 32.4 Å². The molecule has 0 atom stereocenters. The van der Waals surface area contributed by atoms with Gasteiger partial charge < -0.3 is 18.6 Å². The van der Waals surface area contributed by atoms with E-state index in [0.29, 0.717) is 34.4 Å². The lowest BCUT2D eigenvalue weighted by Gasteiger charge is -2.26. The first-order valence-electron chi connectivity index (χ1n) is 10.4. The normalized spacial score (nSPS) is 12.0. The van der Waals surface area contributed by atoms with Gasteiger partial charge >= 0.3 is 0 Å². The van der Waals surface area contributed by atoms with Gasteiger partial charge in [0.05, 0.1) is 27.3 Å². The van der Waals surface area contributed by atoms with Gasteiger partial charge in [-0.3, -0.25) is 0 Å². The molecule has 0 saturated carbocycles. The third-order valence-electron chi connectivity index (χ3n) is 5.24. The quantitative estimate of drug-likeness (QED) is 0.387. The summed E-state index contributed by atoms with van der Waals surface area (Å²) in [4.78, 5) is 0. The summed E-state index contributed by atoms with van der Waals surface area (Å²) < 4.78 is 39.3. The fourth-order valence-corrected chi connectivity index (χ4v) is 12.5. The molecule has 0 bridgehead atoms. The molecule has 0 radical (unpaired) electrons. The van der Waals surface area contributed by atoms with Crippen LogP contribution < -0.4 is 20.1 Å². The van der Waals surface area contributed by atoms with Crippen LogP contribution in [0.3, 0.4) is 0 Å². The maximum atomic E-state index is 14.6. The van der Waals surface area contributed by atoms with Crippen molar-refractivity contribution in [1.29, 1.82) is 0 Å². The van der Waals surface area contributed by atoms with E-state index in [4.69, 9.17) is 9.47 Å². The molecule has 6 heteroatoms. The van der Waals surface area contributed by atoms with Crippen LogP contribution in [0, 0.1) is 0 Å². The van der Waals surface area contributed by atoms with E-state index in [9.17, 15) is 9.13 Å². The Morgan fingerprint density at radius 1 is 0.759 bits per heavy atom. The minimum Gasteiger partial charge on any atom is -0.497 e. The lowest BCUT2D eigenvalue weighted by Crippen LogP contribution is -2.20. The number of unbranched alkanes of at least 4 members (excludes halogenated alkanes) is 2. The van der Waals surface area contributed by atoms with Crippen LogP contribution in [0.25, 0.3) is 0 Å². The number of hydrogen-bond acceptors (Lipinski definition) is 4. The average Bonchev–Trinajstić information content (AvgIpc) is 2.76. The van der Waals surface area contributed by atoms with Gasteiger partial charge in [-0.25, -0.2) is 0 Å². The number of benzene rings is 2. The number of ether oxygens (including phenoxy) is 2. The molecule has 0 aromatic heterocycles. The topological polar surface area (TPSA) is 52.6 Å². The third kappa shape index (κ3) is 6.24. The van der Waals surface area contributed by atoms with E-state index in [1.54, 1.807) is 14.2 Å². The van der Waals surface area contributed by atoms with Crippen molar-refractivity contribution in [1.82, 2.24) is 0 Å². The zero-order valence-electron chi connectivity index (χ0n) is 18.1. The van der Waals surface area contributed by atoms with Crippen LogP contribution >= 0.6 is 14.3 Å². The molecule has 0 aliphatic rings. The lowest BCUT2D eigenvalue weighted by atomic mass is 10.3. The van der Waals surface area contributed by atoms with E-state index in [2.05, 4.69) is 13.8 Å². The Morgan fingerprint density at radius 3 is 1.59 bits per heavy atom. The van der Waals surface area contributed by atoms with Gasteiger partial charge in [-0.1, -0.05) is 51.0 Å². The van der Waals surface area contributed by atoms with Crippen molar-refractivity contribution in [2.24, 2.45) is 0 Å². The van der Waals surface area contributed by atoms with Crippen molar-refractivity contribution in [3.8, 4) is 11.5 Å². The van der Waals surface area contributed by atoms with E-state index >= 15 is 0 Å². The molecule has 29 heavy (non-hydrogen) atoms. The summed E-state index contributed by atoms with van der Waals surface area (Å²) in [6.07, 6.45) is 5.08. The molecule has 0 N–H and O–H groups in total. The highest BCUT2D eigenvalue weighted by molar-refractivity contribution is 7.88. The molecule has 0 aliphatic carbocycles. The standard InChI is InChI=1S/C23H34O4P2/c1-5-7-15-28(24,16-8-6-2)19-29(25,22-13-9-11-20(17-22)26-3)23-14-10-12-21(18-23)27-4/h9-14,17-18H,5-8,15-16,19H2,1-4H3. The maximum absolute atomic E-state index is 14.6. The van der Waals surface area contributed by atoms with E-state index < -0.39 is 14.3 Å². The summed E-state index contributed by atoms with van der Waals surface area (Å²) in [5, 5.41) is 1.39. The van der Waals surface area contributed by atoms with Crippen LogP contribution in [-0.2, 0) is 9.13 Å². The Hall–Kier alpha value is -1.50. The predicted octanol–water partition coefficient (Wildman–Crippen LogP) is 5.94. The van der Waals surface area contributed by atoms with Gasteiger partial charge in [0.25, 0.3) is 0 Å². The van der Waals surface area contributed by atoms with Gasteiger partial charge in [0, 0.05) is 22.9 Å². The van der Waals surface area contributed by atoms with Gasteiger partial charge in [-0.15, -0.1) is 0 Å². The summed E-state index contributed by atoms with van der Waals surface area (Å²) in [5.41, 5.74) is 0. The second kappa shape index (κ2) is 11.0. The van der Waals surface area contributed by atoms with Crippen LogP contribution in [0.4, 0.5) is 0 Å². The van der Waals surface area contributed by atoms with Crippen molar-refractivity contribution in [3.63, 3.8) is 0 Å². The molecule has 0 unspecified atom stereocenters. The predicted molar refractivity (Wildman–Crippen MR) is 125 cm³/mol. The molecule has 0 saturated heterocycles. The summed E-state index contributed by atoms with van der Waals surface area (Å²) in [6.45, 7) is 4.21. The Balaban J connectivity index is 2.58. The van der Waals surface area contributed by atoms with Gasteiger partial charge in [-0.2, -0.15) is 0 Å². The molecule has 4 nitrogen and oxygen atoms in total. The van der Waals surface area contributed by atoms with Crippen LogP contribution in [-0.4, -0.2) is 32.4 Å². The summed E-state index contributed by atoms with van der Waals surface area (Å²) in [6, 6.07) is 14.8. The average molecular weight is 436 g/mol. The second-order valence-electron chi connectivity index (χ2n) is 7.50. The summed E-state index contributed by atoms with van der Waals surface area (Å²) in [7, 11) is -2.53. The van der Waals surface area contributed by atoms with Crippen LogP contribution in [0.2, 0.25) is 0 Å². The molecule has 2 aromatic carbocycles. The number of methoxy groups -OCH3 is 2. The molecule has 160 valence electrons. The highest BCUT2D eigenvalue weighted by atomic mass is 31.2. The smallest absolute Gasteiger partial charge is 0.150 e. The molecule has 0 amide bonds. The van der Waals surface area contributed by atoms with Gasteiger partial charge in [0.15, 0.2) is 7.14 Å². The van der Waals surface area contributed by atoms with E-state index in [1.807, 2.05) is 48.5 Å². The van der Waals surface area contributed by atoms with Crippen LogP contribution in [0.1, 0.15) is 39.5 Å². The molecule has 0 spiro atoms. The van der Waals surface area contributed by atoms with Gasteiger partial charge in [-0.05, 0) is 37.1 Å². The monoisotopic (exact) mass is 436 g/mol. The first kappa shape index (κ1) is 23.8. The first-order valence-corrected chi connectivity index (χ1v) is 14.5. The second-order valence-corrected chi connectivity index (χ2v) is 14.2. The van der Waals surface area contributed by atoms with Crippen LogP contribution in [0.15, 0.2) is 48.5 Å². The van der Waals surface area contributed by atoms with Crippen molar-refractivity contribution in [3.05, 3.63) is 48.5 Å². The molecule has 0 heterocycles. The molecule has 0 aliphatic heterocycles. The largest absolute Gasteiger partial charge is 0.497 e. The molecule has 2 aromatic rings. The Kier molecular flexibility index (Phi) is 9.05. The van der Waals surface area contributed by atoms with E-state index in [1.165, 1.54) is 0 Å². The number of rotatable bonds is 12. The summed E-state index contributed by atoms with van der Waals surface area (Å²) in [5.74, 6) is 1.53. The van der Waals surface area contributed by atoms with Crippen LogP contribution in [0.5, 0.6) is 11.5 Å². The molecular weight excluding hydrogens is 402 g/mol. The Morgan fingerprint density at radius 2 is 1.21 bits per heavy atom. The van der Waals surface area contributed by atoms with Gasteiger partial charge in [0.1, 0.15) is 11.5 Å². The fraction of sp³-hybridized carbons (Fsp3) is 0.478. The molecule has 2 rings (SSSR count). The first-order chi connectivity index (χ1) is 13.9. The van der Waals surface area contributed by atoms with Gasteiger partial charge in [0.2, 0.25) is 0 Å². The third-order valence-corrected chi connectivity index (χ3v) is 13.4. The van der Waals surface area contributed by atoms with Crippen molar-refractivity contribution < 1.29 is 18.6 Å². The molecule has 0 fully saturated rings. The fourth-order valence-electron chi connectivity index (χ4n) is 3.49. The zero-order chi connectivity index (χ0) is 21.3. The lowest BCUT2D eigenvalue weighted by molar-refractivity contribution is 0.415. The minimum absolute atomic E-state index is 0.223. The summed E-state index contributed by atoms with van der Waals surface area (Å²) >= 11 is 0. The van der Waals surface area contributed by atoms with E-state index in [0.717, 1.165) is 25.7 Å². The van der Waals surface area contributed by atoms with E-state index in [-0.39, 0.29) is 5.90 Å². The minimum atomic E-state index is -3.13. The highest BCUT2D eigenvalue weighted by Gasteiger charge is 2.36.